The lowest BCUT2D eigenvalue weighted by molar-refractivity contribution is 0.350. The molecule has 2 bridgehead atoms. The van der Waals surface area contributed by atoms with E-state index in [0.717, 1.165) is 27.3 Å². The van der Waals surface area contributed by atoms with Crippen LogP contribution in [-0.2, 0) is 6.54 Å². The summed E-state index contributed by atoms with van der Waals surface area (Å²) < 4.78 is 1.50. The van der Waals surface area contributed by atoms with Crippen molar-refractivity contribution in [1.82, 2.24) is 5.32 Å². The van der Waals surface area contributed by atoms with Gasteiger partial charge in [-0.15, -0.1) is 0 Å². The molecule has 2 aliphatic rings. The Morgan fingerprint density at radius 1 is 1.17 bits per heavy atom. The lowest BCUT2D eigenvalue weighted by Crippen LogP contribution is -2.33. The third-order valence-corrected chi connectivity index (χ3v) is 5.59. The maximum absolute atomic E-state index is 9.68. The molecular weight excluding hydrogens is 358 g/mol. The van der Waals surface area contributed by atoms with Gasteiger partial charge in [0.1, 0.15) is 5.75 Å². The van der Waals surface area contributed by atoms with E-state index < -0.39 is 0 Å². The minimum atomic E-state index is 0.277. The van der Waals surface area contributed by atoms with E-state index in [4.69, 9.17) is 0 Å². The van der Waals surface area contributed by atoms with Crippen molar-refractivity contribution in [3.05, 3.63) is 26.6 Å². The van der Waals surface area contributed by atoms with Crippen LogP contribution in [0.25, 0.3) is 0 Å². The fraction of sp³-hybridized carbons (Fsp3) is 0.571. The van der Waals surface area contributed by atoms with Crippen molar-refractivity contribution in [2.24, 2.45) is 11.8 Å². The molecule has 98 valence electrons. The highest BCUT2D eigenvalue weighted by Crippen LogP contribution is 2.44. The highest BCUT2D eigenvalue weighted by molar-refractivity contribution is 9.11. The molecule has 0 amide bonds. The van der Waals surface area contributed by atoms with E-state index in [1.807, 2.05) is 12.1 Å². The van der Waals surface area contributed by atoms with E-state index in [1.54, 1.807) is 0 Å². The molecule has 2 saturated carbocycles. The van der Waals surface area contributed by atoms with Gasteiger partial charge in [-0.05, 0) is 80.7 Å². The van der Waals surface area contributed by atoms with Crippen molar-refractivity contribution < 1.29 is 5.11 Å². The number of phenolic OH excluding ortho intramolecular Hbond substituents is 1. The third kappa shape index (κ3) is 2.47. The number of rotatable bonds is 3. The second kappa shape index (κ2) is 5.14. The predicted molar refractivity (Wildman–Crippen MR) is 79.6 cm³/mol. The largest absolute Gasteiger partial charge is 0.506 e. The van der Waals surface area contributed by atoms with Crippen LogP contribution >= 0.6 is 31.9 Å². The van der Waals surface area contributed by atoms with Crippen LogP contribution in [0.2, 0.25) is 0 Å². The Morgan fingerprint density at radius 2 is 1.89 bits per heavy atom. The van der Waals surface area contributed by atoms with Crippen LogP contribution < -0.4 is 5.32 Å². The second-order valence-electron chi connectivity index (χ2n) is 5.57. The molecule has 0 aliphatic heterocycles. The molecule has 2 fully saturated rings. The second-order valence-corrected chi connectivity index (χ2v) is 7.28. The number of benzene rings is 1. The van der Waals surface area contributed by atoms with Crippen LogP contribution in [0.4, 0.5) is 0 Å². The molecule has 3 atom stereocenters. The summed E-state index contributed by atoms with van der Waals surface area (Å²) >= 11 is 6.75. The summed E-state index contributed by atoms with van der Waals surface area (Å²) in [5, 5.41) is 13.4. The van der Waals surface area contributed by atoms with Gasteiger partial charge in [-0.3, -0.25) is 0 Å². The van der Waals surface area contributed by atoms with Crippen LogP contribution in [0.5, 0.6) is 5.75 Å². The summed E-state index contributed by atoms with van der Waals surface area (Å²) in [5.74, 6) is 2.16. The number of hydrogen-bond acceptors (Lipinski definition) is 2. The van der Waals surface area contributed by atoms with Crippen molar-refractivity contribution in [1.29, 1.82) is 0 Å². The maximum Gasteiger partial charge on any atom is 0.143 e. The molecular formula is C14H17Br2NO. The van der Waals surface area contributed by atoms with Gasteiger partial charge >= 0.3 is 0 Å². The minimum absolute atomic E-state index is 0.277. The minimum Gasteiger partial charge on any atom is -0.506 e. The van der Waals surface area contributed by atoms with Crippen molar-refractivity contribution >= 4 is 31.9 Å². The molecule has 2 nitrogen and oxygen atoms in total. The molecule has 2 aliphatic carbocycles. The molecule has 3 unspecified atom stereocenters. The lowest BCUT2D eigenvalue weighted by Gasteiger charge is -2.23. The van der Waals surface area contributed by atoms with Crippen LogP contribution in [0, 0.1) is 11.8 Å². The molecule has 0 spiro atoms. The molecule has 0 aromatic heterocycles. The molecule has 0 saturated heterocycles. The molecule has 0 radical (unpaired) electrons. The van der Waals surface area contributed by atoms with Gasteiger partial charge in [-0.2, -0.15) is 0 Å². The highest BCUT2D eigenvalue weighted by atomic mass is 79.9. The maximum atomic E-state index is 9.68. The number of hydrogen-bond donors (Lipinski definition) is 2. The Kier molecular flexibility index (Phi) is 3.70. The number of phenols is 1. The average molecular weight is 375 g/mol. The quantitative estimate of drug-likeness (QED) is 0.831. The van der Waals surface area contributed by atoms with Gasteiger partial charge < -0.3 is 10.4 Å². The highest BCUT2D eigenvalue weighted by Gasteiger charge is 2.38. The summed E-state index contributed by atoms with van der Waals surface area (Å²) in [4.78, 5) is 0. The SMILES string of the molecule is Oc1c(Br)cc(CNC2CC3CCC2C3)cc1Br. The monoisotopic (exact) mass is 373 g/mol. The molecule has 18 heavy (non-hydrogen) atoms. The van der Waals surface area contributed by atoms with Crippen LogP contribution in [0.3, 0.4) is 0 Å². The molecule has 4 heteroatoms. The molecule has 1 aromatic rings. The Labute approximate surface area is 124 Å². The predicted octanol–water partition coefficient (Wildman–Crippen LogP) is 4.20. The topological polar surface area (TPSA) is 32.3 Å². The Hall–Kier alpha value is -0.0600. The third-order valence-electron chi connectivity index (χ3n) is 4.38. The zero-order chi connectivity index (χ0) is 12.7. The van der Waals surface area contributed by atoms with Crippen molar-refractivity contribution in [3.8, 4) is 5.75 Å². The zero-order valence-electron chi connectivity index (χ0n) is 10.1. The van der Waals surface area contributed by atoms with Gasteiger partial charge in [0, 0.05) is 12.6 Å². The summed E-state index contributed by atoms with van der Waals surface area (Å²) in [7, 11) is 0. The zero-order valence-corrected chi connectivity index (χ0v) is 13.3. The fourth-order valence-corrected chi connectivity index (χ4v) is 4.75. The van der Waals surface area contributed by atoms with Crippen LogP contribution in [0.15, 0.2) is 21.1 Å². The van der Waals surface area contributed by atoms with E-state index in [-0.39, 0.29) is 5.75 Å². The number of halogens is 2. The Morgan fingerprint density at radius 3 is 2.44 bits per heavy atom. The Bertz CT molecular complexity index is 440. The van der Waals surface area contributed by atoms with Crippen LogP contribution in [0.1, 0.15) is 31.2 Å². The normalized spacial score (nSPS) is 30.0. The summed E-state index contributed by atoms with van der Waals surface area (Å²) in [6.07, 6.45) is 5.64. The van der Waals surface area contributed by atoms with Gasteiger partial charge in [0.25, 0.3) is 0 Å². The summed E-state index contributed by atoms with van der Waals surface area (Å²) in [6.45, 7) is 0.880. The number of fused-ring (bicyclic) bond motifs is 2. The van der Waals surface area contributed by atoms with Gasteiger partial charge in [-0.25, -0.2) is 0 Å². The lowest BCUT2D eigenvalue weighted by atomic mass is 9.95. The fourth-order valence-electron chi connectivity index (χ4n) is 3.46. The van der Waals surface area contributed by atoms with Gasteiger partial charge in [-0.1, -0.05) is 6.42 Å². The van der Waals surface area contributed by atoms with Gasteiger partial charge in [0.05, 0.1) is 8.95 Å². The molecule has 0 heterocycles. The first kappa shape index (κ1) is 12.9. The first-order valence-electron chi connectivity index (χ1n) is 6.53. The van der Waals surface area contributed by atoms with E-state index in [0.29, 0.717) is 6.04 Å². The van der Waals surface area contributed by atoms with Crippen molar-refractivity contribution in [2.45, 2.75) is 38.3 Å². The molecule has 2 N–H and O–H groups in total. The van der Waals surface area contributed by atoms with Gasteiger partial charge in [0.2, 0.25) is 0 Å². The smallest absolute Gasteiger partial charge is 0.143 e. The molecule has 1 aromatic carbocycles. The van der Waals surface area contributed by atoms with Crippen LogP contribution in [-0.4, -0.2) is 11.1 Å². The van der Waals surface area contributed by atoms with E-state index in [9.17, 15) is 5.11 Å². The number of aromatic hydroxyl groups is 1. The molecule has 3 rings (SSSR count). The first-order chi connectivity index (χ1) is 8.63. The summed E-state index contributed by atoms with van der Waals surface area (Å²) in [5.41, 5.74) is 1.20. The van der Waals surface area contributed by atoms with Crippen molar-refractivity contribution in [2.75, 3.05) is 0 Å². The average Bonchev–Trinajstić information content (AvgIpc) is 2.95. The standard InChI is InChI=1S/C14H17Br2NO/c15-11-4-9(5-12(16)14(11)18)7-17-13-6-8-1-2-10(13)3-8/h4-5,8,10,13,17-18H,1-3,6-7H2. The first-order valence-corrected chi connectivity index (χ1v) is 8.12. The summed E-state index contributed by atoms with van der Waals surface area (Å²) in [6, 6.07) is 4.68. The van der Waals surface area contributed by atoms with E-state index in [1.165, 1.54) is 31.2 Å². The van der Waals surface area contributed by atoms with Crippen molar-refractivity contribution in [3.63, 3.8) is 0 Å². The number of nitrogens with one attached hydrogen (secondary N) is 1. The Balaban J connectivity index is 1.63. The van der Waals surface area contributed by atoms with Gasteiger partial charge in [0.15, 0.2) is 0 Å². The van der Waals surface area contributed by atoms with E-state index in [2.05, 4.69) is 37.2 Å². The van der Waals surface area contributed by atoms with E-state index >= 15 is 0 Å².